The van der Waals surface area contributed by atoms with Crippen LogP contribution < -0.4 is 5.32 Å². The first-order chi connectivity index (χ1) is 12.0. The molecule has 128 valence electrons. The zero-order chi connectivity index (χ0) is 17.8. The molecule has 0 saturated heterocycles. The van der Waals surface area contributed by atoms with E-state index in [4.69, 9.17) is 9.15 Å². The molecular weight excluding hydrogens is 384 g/mol. The van der Waals surface area contributed by atoms with E-state index < -0.39 is 6.09 Å². The number of aromatic nitrogens is 1. The van der Waals surface area contributed by atoms with E-state index in [1.54, 1.807) is 6.92 Å². The standard InChI is InChI=1S/C19H17BrN2O3/c1-12(14-6-4-3-5-7-14)24-19(23)22-18-17(21-13(2)25-18)15-8-10-16(20)11-9-15/h3-12H,1-2H3,(H,22,23)/t12-/m1/s1. The molecule has 25 heavy (non-hydrogen) atoms. The lowest BCUT2D eigenvalue weighted by molar-refractivity contribution is 0.120. The van der Waals surface area contributed by atoms with Gasteiger partial charge in [-0.2, -0.15) is 0 Å². The number of hydrogen-bond donors (Lipinski definition) is 1. The van der Waals surface area contributed by atoms with E-state index in [1.165, 1.54) is 0 Å². The third kappa shape index (κ3) is 4.28. The van der Waals surface area contributed by atoms with Gasteiger partial charge in [-0.1, -0.05) is 58.4 Å². The Bertz CT molecular complexity index is 860. The number of nitrogens with zero attached hydrogens (tertiary/aromatic N) is 1. The number of anilines is 1. The van der Waals surface area contributed by atoms with E-state index in [9.17, 15) is 4.79 Å². The van der Waals surface area contributed by atoms with Gasteiger partial charge in [0.2, 0.25) is 5.88 Å². The van der Waals surface area contributed by atoms with E-state index in [2.05, 4.69) is 26.2 Å². The second kappa shape index (κ2) is 7.53. The van der Waals surface area contributed by atoms with Crippen molar-refractivity contribution in [2.75, 3.05) is 5.32 Å². The highest BCUT2D eigenvalue weighted by atomic mass is 79.9. The van der Waals surface area contributed by atoms with Crippen molar-refractivity contribution < 1.29 is 13.9 Å². The quantitative estimate of drug-likeness (QED) is 0.607. The van der Waals surface area contributed by atoms with Crippen LogP contribution in [-0.4, -0.2) is 11.1 Å². The van der Waals surface area contributed by atoms with Gasteiger partial charge in [0.1, 0.15) is 11.8 Å². The van der Waals surface area contributed by atoms with E-state index in [0.29, 0.717) is 11.6 Å². The van der Waals surface area contributed by atoms with Crippen molar-refractivity contribution in [1.29, 1.82) is 0 Å². The predicted molar refractivity (Wildman–Crippen MR) is 99.3 cm³/mol. The topological polar surface area (TPSA) is 64.4 Å². The van der Waals surface area contributed by atoms with Crippen LogP contribution in [0.15, 0.2) is 63.5 Å². The molecule has 1 N–H and O–H groups in total. The van der Waals surface area contributed by atoms with Crippen LogP contribution in [0.2, 0.25) is 0 Å². The molecule has 0 radical (unpaired) electrons. The minimum absolute atomic E-state index is 0.269. The van der Waals surface area contributed by atoms with Crippen molar-refractivity contribution >= 4 is 27.9 Å². The third-order valence-corrected chi connectivity index (χ3v) is 4.15. The molecule has 2 aromatic carbocycles. The summed E-state index contributed by atoms with van der Waals surface area (Å²) in [4.78, 5) is 16.6. The van der Waals surface area contributed by atoms with Crippen LogP contribution in [0.5, 0.6) is 0 Å². The van der Waals surface area contributed by atoms with Crippen molar-refractivity contribution in [3.8, 4) is 11.3 Å². The Kier molecular flexibility index (Phi) is 5.19. The Morgan fingerprint density at radius 2 is 1.84 bits per heavy atom. The van der Waals surface area contributed by atoms with Crippen molar-refractivity contribution in [2.24, 2.45) is 0 Å². The van der Waals surface area contributed by atoms with Gasteiger partial charge in [-0.15, -0.1) is 0 Å². The first-order valence-electron chi connectivity index (χ1n) is 7.79. The maximum absolute atomic E-state index is 12.2. The van der Waals surface area contributed by atoms with Gasteiger partial charge in [-0.05, 0) is 24.6 Å². The fraction of sp³-hybridized carbons (Fsp3) is 0.158. The Labute approximate surface area is 154 Å². The van der Waals surface area contributed by atoms with Crippen LogP contribution in [-0.2, 0) is 4.74 Å². The lowest BCUT2D eigenvalue weighted by Gasteiger charge is -2.13. The van der Waals surface area contributed by atoms with Gasteiger partial charge in [0.15, 0.2) is 5.89 Å². The molecule has 0 aliphatic carbocycles. The summed E-state index contributed by atoms with van der Waals surface area (Å²) in [7, 11) is 0. The summed E-state index contributed by atoms with van der Waals surface area (Å²) in [6.45, 7) is 3.54. The molecule has 0 bridgehead atoms. The van der Waals surface area contributed by atoms with Crippen LogP contribution in [0.4, 0.5) is 10.7 Å². The number of hydrogen-bond acceptors (Lipinski definition) is 4. The molecule has 1 atom stereocenters. The van der Waals surface area contributed by atoms with Gasteiger partial charge < -0.3 is 9.15 Å². The van der Waals surface area contributed by atoms with E-state index in [1.807, 2.05) is 61.5 Å². The molecule has 3 aromatic rings. The first kappa shape index (κ1) is 17.2. The summed E-state index contributed by atoms with van der Waals surface area (Å²) < 4.78 is 11.9. The van der Waals surface area contributed by atoms with E-state index in [0.717, 1.165) is 15.6 Å². The number of ether oxygens (including phenoxy) is 1. The molecule has 6 heteroatoms. The number of benzene rings is 2. The number of rotatable bonds is 4. The fourth-order valence-electron chi connectivity index (χ4n) is 2.39. The van der Waals surface area contributed by atoms with Gasteiger partial charge in [-0.3, -0.25) is 5.32 Å². The molecule has 0 aliphatic rings. The molecule has 0 saturated carbocycles. The summed E-state index contributed by atoms with van der Waals surface area (Å²) in [5, 5.41) is 2.64. The highest BCUT2D eigenvalue weighted by Crippen LogP contribution is 2.29. The lowest BCUT2D eigenvalue weighted by atomic mass is 10.1. The summed E-state index contributed by atoms with van der Waals surface area (Å²) in [6.07, 6.45) is -0.966. The SMILES string of the molecule is Cc1nc(-c2ccc(Br)cc2)c(NC(=O)O[C@H](C)c2ccccc2)o1. The number of carbonyl (C=O) groups excluding carboxylic acids is 1. The third-order valence-electron chi connectivity index (χ3n) is 3.62. The highest BCUT2D eigenvalue weighted by Gasteiger charge is 2.18. The van der Waals surface area contributed by atoms with Crippen LogP contribution in [0.25, 0.3) is 11.3 Å². The summed E-state index contributed by atoms with van der Waals surface area (Å²) in [5.41, 5.74) is 2.32. The molecule has 3 rings (SSSR count). The highest BCUT2D eigenvalue weighted by molar-refractivity contribution is 9.10. The summed E-state index contributed by atoms with van der Waals surface area (Å²) in [6, 6.07) is 17.1. The number of halogens is 1. The van der Waals surface area contributed by atoms with Crippen molar-refractivity contribution in [1.82, 2.24) is 4.98 Å². The number of carbonyl (C=O) groups is 1. The Balaban J connectivity index is 1.74. The summed E-state index contributed by atoms with van der Waals surface area (Å²) in [5.74, 6) is 0.731. The van der Waals surface area contributed by atoms with Crippen molar-refractivity contribution in [3.63, 3.8) is 0 Å². The van der Waals surface area contributed by atoms with Gasteiger partial charge in [0.05, 0.1) is 0 Å². The molecule has 5 nitrogen and oxygen atoms in total. The van der Waals surface area contributed by atoms with Gasteiger partial charge in [-0.25, -0.2) is 9.78 Å². The minimum atomic E-state index is -0.592. The number of oxazole rings is 1. The van der Waals surface area contributed by atoms with Crippen LogP contribution in [0.1, 0.15) is 24.5 Å². The summed E-state index contributed by atoms with van der Waals surface area (Å²) >= 11 is 3.40. The normalized spacial score (nSPS) is 11.8. The maximum atomic E-state index is 12.2. The number of aryl methyl sites for hydroxylation is 1. The van der Waals surface area contributed by atoms with Crippen LogP contribution >= 0.6 is 15.9 Å². The van der Waals surface area contributed by atoms with E-state index in [-0.39, 0.29) is 12.0 Å². The Morgan fingerprint density at radius 3 is 2.52 bits per heavy atom. The average molecular weight is 401 g/mol. The predicted octanol–water partition coefficient (Wildman–Crippen LogP) is 5.72. The zero-order valence-corrected chi connectivity index (χ0v) is 15.4. The minimum Gasteiger partial charge on any atom is -0.441 e. The monoisotopic (exact) mass is 400 g/mol. The lowest BCUT2D eigenvalue weighted by Crippen LogP contribution is -2.16. The number of amides is 1. The largest absolute Gasteiger partial charge is 0.441 e. The molecule has 1 amide bonds. The first-order valence-corrected chi connectivity index (χ1v) is 8.58. The Morgan fingerprint density at radius 1 is 1.16 bits per heavy atom. The van der Waals surface area contributed by atoms with Gasteiger partial charge >= 0.3 is 6.09 Å². The van der Waals surface area contributed by atoms with Gasteiger partial charge in [0, 0.05) is 17.0 Å². The fourth-order valence-corrected chi connectivity index (χ4v) is 2.65. The molecule has 1 aromatic heterocycles. The molecule has 0 spiro atoms. The molecule has 0 aliphatic heterocycles. The molecule has 0 fully saturated rings. The van der Waals surface area contributed by atoms with E-state index >= 15 is 0 Å². The van der Waals surface area contributed by atoms with Crippen LogP contribution in [0, 0.1) is 6.92 Å². The van der Waals surface area contributed by atoms with Gasteiger partial charge in [0.25, 0.3) is 0 Å². The average Bonchev–Trinajstić information content (AvgIpc) is 2.96. The van der Waals surface area contributed by atoms with Crippen LogP contribution in [0.3, 0.4) is 0 Å². The second-order valence-corrected chi connectivity index (χ2v) is 6.42. The number of nitrogens with one attached hydrogen (secondary N) is 1. The maximum Gasteiger partial charge on any atom is 0.414 e. The smallest absolute Gasteiger partial charge is 0.414 e. The Hall–Kier alpha value is -2.60. The zero-order valence-electron chi connectivity index (χ0n) is 13.8. The molecule has 1 heterocycles. The molecular formula is C19H17BrN2O3. The van der Waals surface area contributed by atoms with Crippen molar-refractivity contribution in [3.05, 3.63) is 70.5 Å². The van der Waals surface area contributed by atoms with Crippen molar-refractivity contribution in [2.45, 2.75) is 20.0 Å². The molecule has 0 unspecified atom stereocenters. The second-order valence-electron chi connectivity index (χ2n) is 5.50.